The van der Waals surface area contributed by atoms with Crippen molar-refractivity contribution < 1.29 is 18.7 Å². The van der Waals surface area contributed by atoms with E-state index in [0.717, 1.165) is 60.3 Å². The Morgan fingerprint density at radius 2 is 1.80 bits per heavy atom. The molecule has 1 aromatic carbocycles. The van der Waals surface area contributed by atoms with Crippen molar-refractivity contribution in [3.05, 3.63) is 41.3 Å². The average molecular weight is 344 g/mol. The smallest absolute Gasteiger partial charge is 0.150 e. The average Bonchev–Trinajstić information content (AvgIpc) is 3.06. The minimum Gasteiger partial charge on any atom is -0.496 e. The molecule has 1 aromatic heterocycles. The normalized spacial score (nSPS) is 15.0. The molecule has 0 saturated heterocycles. The number of nitrogens with zero attached hydrogens (tertiary/aromatic N) is 2. The van der Waals surface area contributed by atoms with Gasteiger partial charge in [-0.15, -0.1) is 0 Å². The SMILES string of the molecule is COc1cc(OC)c(C2=CCN(Cc3cc(C)no3)CC2)c(OC)c1. The molecule has 0 amide bonds. The standard InChI is InChI=1S/C19H24N2O4/c1-13-9-16(25-20-13)12-21-7-5-14(6-8-21)19-17(23-3)10-15(22-2)11-18(19)24-4/h5,9-11H,6-8,12H2,1-4H3. The molecule has 134 valence electrons. The Labute approximate surface area is 148 Å². The van der Waals surface area contributed by atoms with Crippen LogP contribution >= 0.6 is 0 Å². The Balaban J connectivity index is 1.81. The minimum atomic E-state index is 0.719. The van der Waals surface area contributed by atoms with E-state index in [9.17, 15) is 0 Å². The van der Waals surface area contributed by atoms with Crippen LogP contribution in [-0.4, -0.2) is 44.5 Å². The van der Waals surface area contributed by atoms with E-state index in [1.165, 1.54) is 5.57 Å². The Hall–Kier alpha value is -2.47. The van der Waals surface area contributed by atoms with Crippen molar-refractivity contribution in [2.75, 3.05) is 34.4 Å². The third-order valence-corrected chi connectivity index (χ3v) is 4.39. The molecule has 2 heterocycles. The monoisotopic (exact) mass is 344 g/mol. The Bertz CT molecular complexity index is 742. The van der Waals surface area contributed by atoms with Crippen LogP contribution in [0.5, 0.6) is 17.2 Å². The van der Waals surface area contributed by atoms with Crippen molar-refractivity contribution in [3.8, 4) is 17.2 Å². The van der Waals surface area contributed by atoms with Gasteiger partial charge in [0, 0.05) is 31.3 Å². The van der Waals surface area contributed by atoms with Gasteiger partial charge in [0.25, 0.3) is 0 Å². The number of benzene rings is 1. The molecular formula is C19H24N2O4. The molecule has 6 heteroatoms. The van der Waals surface area contributed by atoms with Gasteiger partial charge in [-0.05, 0) is 18.9 Å². The molecule has 0 fully saturated rings. The van der Waals surface area contributed by atoms with E-state index in [0.29, 0.717) is 0 Å². The molecule has 25 heavy (non-hydrogen) atoms. The molecule has 2 aromatic rings. The zero-order valence-corrected chi connectivity index (χ0v) is 15.2. The lowest BCUT2D eigenvalue weighted by molar-refractivity contribution is 0.250. The number of hydrogen-bond donors (Lipinski definition) is 0. The number of ether oxygens (including phenoxy) is 3. The van der Waals surface area contributed by atoms with Crippen molar-refractivity contribution >= 4 is 5.57 Å². The molecular weight excluding hydrogens is 320 g/mol. The first-order valence-corrected chi connectivity index (χ1v) is 8.28. The van der Waals surface area contributed by atoms with Crippen LogP contribution < -0.4 is 14.2 Å². The second-order valence-corrected chi connectivity index (χ2v) is 6.06. The molecule has 1 aliphatic heterocycles. The van der Waals surface area contributed by atoms with E-state index < -0.39 is 0 Å². The highest BCUT2D eigenvalue weighted by atomic mass is 16.5. The third kappa shape index (κ3) is 3.79. The predicted molar refractivity (Wildman–Crippen MR) is 95.2 cm³/mol. The maximum Gasteiger partial charge on any atom is 0.150 e. The number of aryl methyl sites for hydroxylation is 1. The topological polar surface area (TPSA) is 57.0 Å². The zero-order chi connectivity index (χ0) is 17.8. The molecule has 0 bridgehead atoms. The fraction of sp³-hybridized carbons (Fsp3) is 0.421. The molecule has 0 atom stereocenters. The molecule has 0 saturated carbocycles. The van der Waals surface area contributed by atoms with Crippen molar-refractivity contribution in [1.29, 1.82) is 0 Å². The van der Waals surface area contributed by atoms with E-state index in [1.807, 2.05) is 25.1 Å². The van der Waals surface area contributed by atoms with Crippen LogP contribution in [0, 0.1) is 6.92 Å². The number of hydrogen-bond acceptors (Lipinski definition) is 6. The van der Waals surface area contributed by atoms with Gasteiger partial charge in [0.05, 0.1) is 39.1 Å². The first kappa shape index (κ1) is 17.4. The van der Waals surface area contributed by atoms with Gasteiger partial charge in [0.1, 0.15) is 17.2 Å². The second-order valence-electron chi connectivity index (χ2n) is 6.06. The highest BCUT2D eigenvalue weighted by molar-refractivity contribution is 5.77. The van der Waals surface area contributed by atoms with Crippen LogP contribution in [0.15, 0.2) is 28.8 Å². The molecule has 0 unspecified atom stereocenters. The summed E-state index contributed by atoms with van der Waals surface area (Å²) in [6.07, 6.45) is 3.13. The largest absolute Gasteiger partial charge is 0.496 e. The summed E-state index contributed by atoms with van der Waals surface area (Å²) in [6.45, 7) is 4.47. The summed E-state index contributed by atoms with van der Waals surface area (Å²) in [7, 11) is 4.97. The molecule has 1 aliphatic rings. The zero-order valence-electron chi connectivity index (χ0n) is 15.2. The first-order valence-electron chi connectivity index (χ1n) is 8.28. The van der Waals surface area contributed by atoms with E-state index >= 15 is 0 Å². The molecule has 0 radical (unpaired) electrons. The molecule has 3 rings (SSSR count). The number of methoxy groups -OCH3 is 3. The summed E-state index contributed by atoms with van der Waals surface area (Å²) in [5, 5.41) is 3.94. The summed E-state index contributed by atoms with van der Waals surface area (Å²) >= 11 is 0. The number of rotatable bonds is 6. The molecule has 6 nitrogen and oxygen atoms in total. The number of aromatic nitrogens is 1. The van der Waals surface area contributed by atoms with Crippen molar-refractivity contribution in [2.24, 2.45) is 0 Å². The van der Waals surface area contributed by atoms with Gasteiger partial charge in [-0.3, -0.25) is 4.90 Å². The van der Waals surface area contributed by atoms with E-state index in [2.05, 4.69) is 16.1 Å². The fourth-order valence-corrected chi connectivity index (χ4v) is 3.12. The van der Waals surface area contributed by atoms with Crippen LogP contribution in [0.2, 0.25) is 0 Å². The first-order chi connectivity index (χ1) is 12.1. The highest BCUT2D eigenvalue weighted by Gasteiger charge is 2.21. The van der Waals surface area contributed by atoms with Gasteiger partial charge >= 0.3 is 0 Å². The third-order valence-electron chi connectivity index (χ3n) is 4.39. The van der Waals surface area contributed by atoms with Crippen LogP contribution in [0.3, 0.4) is 0 Å². The summed E-state index contributed by atoms with van der Waals surface area (Å²) in [4.78, 5) is 2.33. The van der Waals surface area contributed by atoms with Crippen molar-refractivity contribution in [3.63, 3.8) is 0 Å². The van der Waals surface area contributed by atoms with Gasteiger partial charge in [-0.1, -0.05) is 11.2 Å². The fourth-order valence-electron chi connectivity index (χ4n) is 3.12. The lowest BCUT2D eigenvalue weighted by atomic mass is 9.97. The van der Waals surface area contributed by atoms with Gasteiger partial charge in [-0.2, -0.15) is 0 Å². The maximum absolute atomic E-state index is 5.57. The van der Waals surface area contributed by atoms with E-state index in [-0.39, 0.29) is 0 Å². The lowest BCUT2D eigenvalue weighted by Crippen LogP contribution is -2.28. The molecule has 0 spiro atoms. The molecule has 0 N–H and O–H groups in total. The van der Waals surface area contributed by atoms with Gasteiger partial charge in [0.15, 0.2) is 5.76 Å². The Morgan fingerprint density at radius 1 is 1.08 bits per heavy atom. The predicted octanol–water partition coefficient (Wildman–Crippen LogP) is 3.30. The van der Waals surface area contributed by atoms with Gasteiger partial charge in [0.2, 0.25) is 0 Å². The van der Waals surface area contributed by atoms with Crippen LogP contribution in [0.1, 0.15) is 23.4 Å². The summed E-state index contributed by atoms with van der Waals surface area (Å²) in [6, 6.07) is 5.76. The molecule has 0 aliphatic carbocycles. The Kier molecular flexibility index (Phi) is 5.28. The van der Waals surface area contributed by atoms with Gasteiger partial charge in [-0.25, -0.2) is 0 Å². The van der Waals surface area contributed by atoms with Crippen LogP contribution in [0.25, 0.3) is 5.57 Å². The van der Waals surface area contributed by atoms with Crippen molar-refractivity contribution in [1.82, 2.24) is 10.1 Å². The van der Waals surface area contributed by atoms with Crippen molar-refractivity contribution in [2.45, 2.75) is 19.9 Å². The summed E-state index contributed by atoms with van der Waals surface area (Å²) in [5.41, 5.74) is 3.14. The second kappa shape index (κ2) is 7.61. The highest BCUT2D eigenvalue weighted by Crippen LogP contribution is 2.40. The summed E-state index contributed by atoms with van der Waals surface area (Å²) in [5.74, 6) is 3.15. The van der Waals surface area contributed by atoms with Crippen LogP contribution in [0.4, 0.5) is 0 Å². The van der Waals surface area contributed by atoms with Crippen LogP contribution in [-0.2, 0) is 6.54 Å². The summed E-state index contributed by atoms with van der Waals surface area (Å²) < 4.78 is 21.8. The quantitative estimate of drug-likeness (QED) is 0.801. The van der Waals surface area contributed by atoms with E-state index in [1.54, 1.807) is 21.3 Å². The minimum absolute atomic E-state index is 0.719. The van der Waals surface area contributed by atoms with E-state index in [4.69, 9.17) is 18.7 Å². The lowest BCUT2D eigenvalue weighted by Gasteiger charge is -2.27. The van der Waals surface area contributed by atoms with Gasteiger partial charge < -0.3 is 18.7 Å². The Morgan fingerprint density at radius 3 is 2.28 bits per heavy atom. The maximum atomic E-state index is 5.57.